The molecule has 0 spiro atoms. The number of allylic oxidation sites excluding steroid dienone is 1. The van der Waals surface area contributed by atoms with Crippen LogP contribution in [-0.4, -0.2) is 83.7 Å². The lowest BCUT2D eigenvalue weighted by molar-refractivity contribution is -0.706. The van der Waals surface area contributed by atoms with Crippen LogP contribution in [0.5, 0.6) is 0 Å². The van der Waals surface area contributed by atoms with E-state index in [4.69, 9.17) is 19.9 Å². The molecule has 0 bridgehead atoms. The van der Waals surface area contributed by atoms with Gasteiger partial charge in [-0.15, -0.1) is 0 Å². The average molecular weight is 577 g/mol. The highest BCUT2D eigenvalue weighted by Crippen LogP contribution is 2.55. The summed E-state index contributed by atoms with van der Waals surface area (Å²) >= 11 is 0. The van der Waals surface area contributed by atoms with Gasteiger partial charge in [-0.05, 0) is 70.6 Å². The summed E-state index contributed by atoms with van der Waals surface area (Å²) in [6, 6.07) is 0. The molecule has 7 unspecified atom stereocenters. The van der Waals surface area contributed by atoms with Crippen LogP contribution in [0.3, 0.4) is 0 Å². The number of amides is 1. The van der Waals surface area contributed by atoms with Gasteiger partial charge in [0.15, 0.2) is 0 Å². The smallest absolute Gasteiger partial charge is 0.334 e. The number of ether oxygens (including phenoxy) is 3. The molecule has 5 aliphatic rings. The molecule has 5 fully saturated rings. The predicted molar refractivity (Wildman–Crippen MR) is 150 cm³/mol. The van der Waals surface area contributed by atoms with E-state index < -0.39 is 17.2 Å². The molecule has 1 saturated carbocycles. The molecule has 0 aromatic carbocycles. The second-order valence-electron chi connectivity index (χ2n) is 13.6. The van der Waals surface area contributed by atoms with E-state index in [1.165, 1.54) is 0 Å². The minimum Gasteiger partial charge on any atom is -0.462 e. The molecule has 230 valence electrons. The van der Waals surface area contributed by atoms with E-state index in [2.05, 4.69) is 5.32 Å². The number of nitrogens with two attached hydrogens (primary N) is 2. The number of aliphatic hydroxyl groups excluding tert-OH is 1. The number of carbonyl (C=O) groups excluding carboxylic acids is 3. The third kappa shape index (κ3) is 6.36. The van der Waals surface area contributed by atoms with Crippen molar-refractivity contribution in [3.05, 3.63) is 11.6 Å². The quantitative estimate of drug-likeness (QED) is 0.276. The van der Waals surface area contributed by atoms with Crippen molar-refractivity contribution in [3.63, 3.8) is 0 Å². The normalized spacial score (nSPS) is 37.5. The molecule has 4 heterocycles. The number of rotatable bonds is 9. The standard InChI is InChI=1S/C31H49N3O7/c1-4-19(8-11-35)29(38)41-30(2,3)31(17-22-12-20-6-7-28(37)39-24(20)15-25(22)40-31)16-21-13-26(32)33-18-23(21)14-27(36)34-9-5-10-34/h4,20-26,33,35H,5-18,32H2,1-3H3/p+1/t20?,21?,22?,23?,24?,25?,26?,31-/m1/s1. The number of hydrogen-bond acceptors (Lipinski definition) is 8. The van der Waals surface area contributed by atoms with Crippen molar-refractivity contribution in [2.75, 3.05) is 26.2 Å². The first kappa shape index (κ1) is 30.4. The topological polar surface area (TPSA) is 145 Å². The highest BCUT2D eigenvalue weighted by atomic mass is 16.6. The lowest BCUT2D eigenvalue weighted by atomic mass is 9.67. The molecule has 1 amide bonds. The molecule has 5 N–H and O–H groups in total. The van der Waals surface area contributed by atoms with Gasteiger partial charge in [-0.1, -0.05) is 6.08 Å². The molecule has 1 aliphatic carbocycles. The summed E-state index contributed by atoms with van der Waals surface area (Å²) in [5.74, 6) is 0.535. The van der Waals surface area contributed by atoms with Crippen molar-refractivity contribution in [1.29, 1.82) is 0 Å². The predicted octanol–water partition coefficient (Wildman–Crippen LogP) is 1.39. The summed E-state index contributed by atoms with van der Waals surface area (Å²) in [5, 5.41) is 11.6. The molecule has 0 aromatic heterocycles. The summed E-state index contributed by atoms with van der Waals surface area (Å²) in [6.45, 7) is 7.99. The van der Waals surface area contributed by atoms with Gasteiger partial charge in [0.25, 0.3) is 0 Å². The van der Waals surface area contributed by atoms with Crippen molar-refractivity contribution < 1.29 is 39.0 Å². The summed E-state index contributed by atoms with van der Waals surface area (Å²) in [6.07, 6.45) is 8.25. The Balaban J connectivity index is 1.41. The zero-order chi connectivity index (χ0) is 29.4. The van der Waals surface area contributed by atoms with E-state index in [9.17, 15) is 19.5 Å². The Bertz CT molecular complexity index is 1030. The van der Waals surface area contributed by atoms with Gasteiger partial charge in [0.05, 0.1) is 12.6 Å². The molecule has 10 nitrogen and oxygen atoms in total. The van der Waals surface area contributed by atoms with Crippen LogP contribution in [-0.2, 0) is 28.6 Å². The third-order valence-corrected chi connectivity index (χ3v) is 10.8. The van der Waals surface area contributed by atoms with E-state index in [0.29, 0.717) is 37.2 Å². The maximum absolute atomic E-state index is 13.3. The van der Waals surface area contributed by atoms with E-state index in [1.54, 1.807) is 13.0 Å². The van der Waals surface area contributed by atoms with Crippen LogP contribution in [0.25, 0.3) is 0 Å². The summed E-state index contributed by atoms with van der Waals surface area (Å²) < 4.78 is 19.1. The monoisotopic (exact) mass is 576 g/mol. The van der Waals surface area contributed by atoms with E-state index in [0.717, 1.165) is 51.7 Å². The zero-order valence-electron chi connectivity index (χ0n) is 25.0. The van der Waals surface area contributed by atoms with Crippen LogP contribution in [0.15, 0.2) is 11.6 Å². The number of quaternary nitrogens is 1. The minimum atomic E-state index is -0.982. The van der Waals surface area contributed by atoms with Crippen molar-refractivity contribution in [2.24, 2.45) is 29.4 Å². The fraction of sp³-hybridized carbons (Fsp3) is 0.839. The van der Waals surface area contributed by atoms with Crippen LogP contribution >= 0.6 is 0 Å². The lowest BCUT2D eigenvalue weighted by Crippen LogP contribution is -2.96. The fourth-order valence-electron chi connectivity index (χ4n) is 8.07. The van der Waals surface area contributed by atoms with Crippen LogP contribution in [0.4, 0.5) is 0 Å². The first-order valence-corrected chi connectivity index (χ1v) is 15.8. The van der Waals surface area contributed by atoms with Gasteiger partial charge in [-0.25, -0.2) is 4.79 Å². The second-order valence-corrected chi connectivity index (χ2v) is 13.6. The Hall–Kier alpha value is -2.01. The molecule has 4 aliphatic heterocycles. The maximum atomic E-state index is 13.3. The van der Waals surface area contributed by atoms with Crippen molar-refractivity contribution in [3.8, 4) is 0 Å². The van der Waals surface area contributed by atoms with E-state index in [1.807, 2.05) is 18.7 Å². The highest BCUT2D eigenvalue weighted by molar-refractivity contribution is 5.88. The van der Waals surface area contributed by atoms with Crippen molar-refractivity contribution in [2.45, 2.75) is 115 Å². The first-order valence-electron chi connectivity index (χ1n) is 15.8. The largest absolute Gasteiger partial charge is 0.462 e. The molecule has 8 atom stereocenters. The Labute approximate surface area is 243 Å². The van der Waals surface area contributed by atoms with Gasteiger partial charge in [0, 0.05) is 63.3 Å². The Kier molecular flexibility index (Phi) is 9.14. The second kappa shape index (κ2) is 12.3. The van der Waals surface area contributed by atoms with Crippen molar-refractivity contribution in [1.82, 2.24) is 4.90 Å². The molecule has 4 saturated heterocycles. The van der Waals surface area contributed by atoms with Crippen LogP contribution in [0.1, 0.15) is 85.0 Å². The van der Waals surface area contributed by atoms with E-state index >= 15 is 0 Å². The third-order valence-electron chi connectivity index (χ3n) is 10.8. The SMILES string of the molecule is CC=C(CCO)C(=O)OC(C)(C)[C@@]1(CC2CC(N)[NH2+]CC2CC(=O)N2CCC2)CC2CC3CCC(=O)OC3CC2O1. The molecule has 10 heteroatoms. The Morgan fingerprint density at radius 2 is 1.98 bits per heavy atom. The molecule has 0 aromatic rings. The van der Waals surface area contributed by atoms with Crippen molar-refractivity contribution >= 4 is 17.8 Å². The highest BCUT2D eigenvalue weighted by Gasteiger charge is 2.61. The molecule has 5 rings (SSSR count). The molecular weight excluding hydrogens is 526 g/mol. The number of likely N-dealkylation sites (tertiary alicyclic amines) is 1. The zero-order valence-corrected chi connectivity index (χ0v) is 25.0. The van der Waals surface area contributed by atoms with Gasteiger partial charge in [-0.3, -0.25) is 15.3 Å². The first-order chi connectivity index (χ1) is 19.5. The summed E-state index contributed by atoms with van der Waals surface area (Å²) in [7, 11) is 0. The van der Waals surface area contributed by atoms with Crippen LogP contribution in [0.2, 0.25) is 0 Å². The van der Waals surface area contributed by atoms with Crippen LogP contribution < -0.4 is 11.1 Å². The number of carbonyl (C=O) groups is 3. The lowest BCUT2D eigenvalue weighted by Gasteiger charge is -2.47. The molecule has 0 radical (unpaired) electrons. The molecular formula is C31H50N3O7+. The summed E-state index contributed by atoms with van der Waals surface area (Å²) in [4.78, 5) is 40.4. The fourth-order valence-corrected chi connectivity index (χ4v) is 8.07. The minimum absolute atomic E-state index is 0.0526. The number of esters is 2. The average Bonchev–Trinajstić information content (AvgIpc) is 3.24. The molecule has 41 heavy (non-hydrogen) atoms. The van der Waals surface area contributed by atoms with Crippen LogP contribution in [0, 0.1) is 23.7 Å². The van der Waals surface area contributed by atoms with Gasteiger partial charge in [0.1, 0.15) is 23.5 Å². The number of nitrogens with zero attached hydrogens (tertiary/aromatic N) is 1. The maximum Gasteiger partial charge on any atom is 0.334 e. The summed E-state index contributed by atoms with van der Waals surface area (Å²) in [5.41, 5.74) is 5.14. The number of hydrogen-bond donors (Lipinski definition) is 3. The number of aliphatic hydroxyl groups is 1. The Morgan fingerprint density at radius 3 is 2.66 bits per heavy atom. The van der Waals surface area contributed by atoms with Gasteiger partial charge in [0.2, 0.25) is 5.91 Å². The van der Waals surface area contributed by atoms with E-state index in [-0.39, 0.29) is 61.0 Å². The Morgan fingerprint density at radius 1 is 1.20 bits per heavy atom. The number of fused-ring (bicyclic) bond motifs is 2. The van der Waals surface area contributed by atoms with Gasteiger partial charge < -0.3 is 29.5 Å². The number of piperidine rings is 1. The van der Waals surface area contributed by atoms with Gasteiger partial charge in [-0.2, -0.15) is 0 Å². The van der Waals surface area contributed by atoms with Gasteiger partial charge >= 0.3 is 11.9 Å².